The van der Waals surface area contributed by atoms with Crippen LogP contribution in [0.2, 0.25) is 0 Å². The smallest absolute Gasteiger partial charge is 0.190 e. The Kier molecular flexibility index (Phi) is 7.74. The monoisotopic (exact) mass is 577 g/mol. The normalized spacial score (nSPS) is 13.3. The molecule has 13 heteroatoms. The van der Waals surface area contributed by atoms with E-state index >= 15 is 0 Å². The fourth-order valence-corrected chi connectivity index (χ4v) is 6.20. The van der Waals surface area contributed by atoms with Gasteiger partial charge in [0.25, 0.3) is 0 Å². The summed E-state index contributed by atoms with van der Waals surface area (Å²) in [5.74, 6) is 1.21. The second-order valence-electron chi connectivity index (χ2n) is 9.56. The molecule has 5 aromatic rings. The molecule has 0 N–H and O–H groups in total. The first kappa shape index (κ1) is 28.2. The topological polar surface area (TPSA) is 136 Å². The molecule has 2 aromatic carbocycles. The number of ether oxygens (including phenoxy) is 3. The van der Waals surface area contributed by atoms with E-state index in [0.29, 0.717) is 28.7 Å². The van der Waals surface area contributed by atoms with Gasteiger partial charge in [-0.1, -0.05) is 24.3 Å². The van der Waals surface area contributed by atoms with Crippen molar-refractivity contribution in [3.8, 4) is 28.7 Å². The van der Waals surface area contributed by atoms with Gasteiger partial charge in [-0.2, -0.15) is 5.10 Å². The Hall–Kier alpha value is -4.36. The molecule has 0 unspecified atom stereocenters. The van der Waals surface area contributed by atoms with Crippen LogP contribution in [0.4, 0.5) is 0 Å². The third-order valence-corrected chi connectivity index (χ3v) is 9.00. The molecule has 12 nitrogen and oxygen atoms in total. The Bertz CT molecular complexity index is 1780. The minimum atomic E-state index is -3.89. The maximum Gasteiger partial charge on any atom is 0.190 e. The molecular weight excluding hydrogens is 546 g/mol. The number of hydrogen-bond donors (Lipinski definition) is 0. The van der Waals surface area contributed by atoms with Gasteiger partial charge in [-0.3, -0.25) is 9.25 Å². The number of para-hydroxylation sites is 2. The molecule has 41 heavy (non-hydrogen) atoms. The van der Waals surface area contributed by atoms with Crippen LogP contribution in [-0.2, 0) is 27.4 Å². The first-order valence-corrected chi connectivity index (χ1v) is 14.5. The number of aryl methyl sites for hydroxylation is 2. The highest BCUT2D eigenvalue weighted by Crippen LogP contribution is 2.38. The predicted octanol–water partition coefficient (Wildman–Crippen LogP) is 3.63. The summed E-state index contributed by atoms with van der Waals surface area (Å²) in [6.07, 6.45) is 2.36. The van der Waals surface area contributed by atoms with Gasteiger partial charge in [-0.05, 0) is 37.6 Å². The van der Waals surface area contributed by atoms with Crippen LogP contribution in [0.15, 0.2) is 54.9 Å². The minimum absolute atomic E-state index is 0.157. The van der Waals surface area contributed by atoms with E-state index in [1.165, 1.54) is 21.3 Å². The lowest BCUT2D eigenvalue weighted by Gasteiger charge is -2.22. The quantitative estimate of drug-likeness (QED) is 0.242. The van der Waals surface area contributed by atoms with Crippen molar-refractivity contribution in [1.29, 1.82) is 0 Å². The van der Waals surface area contributed by atoms with Gasteiger partial charge >= 0.3 is 0 Å². The maximum absolute atomic E-state index is 13.9. The van der Waals surface area contributed by atoms with Gasteiger partial charge in [-0.15, -0.1) is 10.2 Å². The third-order valence-electron chi connectivity index (χ3n) is 6.96. The van der Waals surface area contributed by atoms with Crippen LogP contribution < -0.4 is 9.47 Å². The molecule has 5 rings (SSSR count). The van der Waals surface area contributed by atoms with Crippen molar-refractivity contribution in [3.63, 3.8) is 0 Å². The molecule has 0 amide bonds. The average molecular weight is 578 g/mol. The molecule has 0 saturated carbocycles. The van der Waals surface area contributed by atoms with E-state index in [0.717, 1.165) is 16.5 Å². The second-order valence-corrected chi connectivity index (χ2v) is 11.9. The van der Waals surface area contributed by atoms with Crippen molar-refractivity contribution in [2.45, 2.75) is 31.0 Å². The molecule has 0 saturated heterocycles. The first-order chi connectivity index (χ1) is 19.7. The molecule has 3 aromatic heterocycles. The van der Waals surface area contributed by atoms with Crippen molar-refractivity contribution in [3.05, 3.63) is 72.1 Å². The highest BCUT2D eigenvalue weighted by molar-refractivity contribution is 7.91. The van der Waals surface area contributed by atoms with E-state index in [1.807, 2.05) is 38.2 Å². The summed E-state index contributed by atoms with van der Waals surface area (Å²) in [5, 5.41) is 13.4. The van der Waals surface area contributed by atoms with Gasteiger partial charge in [0.1, 0.15) is 34.7 Å². The molecule has 0 radical (unpaired) electrons. The zero-order valence-electron chi connectivity index (χ0n) is 23.6. The molecule has 0 aliphatic carbocycles. The Labute approximate surface area is 237 Å². The fourth-order valence-electron chi connectivity index (χ4n) is 4.79. The minimum Gasteiger partial charge on any atom is -0.494 e. The number of benzene rings is 2. The van der Waals surface area contributed by atoms with Crippen molar-refractivity contribution in [2.24, 2.45) is 7.05 Å². The van der Waals surface area contributed by atoms with E-state index in [4.69, 9.17) is 19.3 Å². The lowest BCUT2D eigenvalue weighted by Crippen LogP contribution is -2.30. The number of sulfone groups is 1. The molecule has 3 heterocycles. The van der Waals surface area contributed by atoms with Gasteiger partial charge in [0.15, 0.2) is 27.3 Å². The summed E-state index contributed by atoms with van der Waals surface area (Å²) >= 11 is 0. The number of fused-ring (bicyclic) bond motifs is 1. The third kappa shape index (κ3) is 5.13. The van der Waals surface area contributed by atoms with Crippen LogP contribution >= 0.6 is 0 Å². The maximum atomic E-state index is 13.9. The Balaban J connectivity index is 1.68. The number of aromatic nitrogens is 7. The van der Waals surface area contributed by atoms with Crippen molar-refractivity contribution in [2.75, 3.05) is 21.3 Å². The Morgan fingerprint density at radius 3 is 2.22 bits per heavy atom. The molecule has 0 fully saturated rings. The van der Waals surface area contributed by atoms with Crippen LogP contribution in [-0.4, -0.2) is 69.5 Å². The number of hydrogen-bond acceptors (Lipinski definition) is 10. The summed E-state index contributed by atoms with van der Waals surface area (Å²) in [6, 6.07) is 13.0. The largest absolute Gasteiger partial charge is 0.494 e. The lowest BCUT2D eigenvalue weighted by molar-refractivity contribution is 0.0947. The highest BCUT2D eigenvalue weighted by atomic mass is 32.2. The zero-order valence-corrected chi connectivity index (χ0v) is 24.5. The fraction of sp³-hybridized carbons (Fsp3) is 0.321. The van der Waals surface area contributed by atoms with Crippen LogP contribution in [0.1, 0.15) is 30.2 Å². The van der Waals surface area contributed by atoms with Crippen molar-refractivity contribution >= 4 is 20.7 Å². The van der Waals surface area contributed by atoms with Crippen LogP contribution in [0, 0.1) is 6.92 Å². The molecule has 214 valence electrons. The molecule has 2 atom stereocenters. The molecule has 0 aliphatic rings. The molecule has 0 spiro atoms. The van der Waals surface area contributed by atoms with Crippen molar-refractivity contribution < 1.29 is 22.6 Å². The van der Waals surface area contributed by atoms with E-state index in [1.54, 1.807) is 46.8 Å². The van der Waals surface area contributed by atoms with Gasteiger partial charge in [0.2, 0.25) is 0 Å². The van der Waals surface area contributed by atoms with Crippen LogP contribution in [0.25, 0.3) is 28.1 Å². The summed E-state index contributed by atoms with van der Waals surface area (Å²) in [7, 11) is 2.44. The number of methoxy groups -OCH3 is 3. The first-order valence-electron chi connectivity index (χ1n) is 12.8. The Morgan fingerprint density at radius 2 is 1.59 bits per heavy atom. The standard InChI is InChI=1S/C28H31N7O5S/c1-17-14-29-27(30-15-17)26(40-6)18(2)41(36,37)16-23-31-32-28(24-19-10-7-8-11-20(19)34(3)33-24)35(23)25-21(38-4)12-9-13-22(25)39-5/h7-15,18,26H,16H2,1-6H3/t18-,26-/m0/s1. The van der Waals surface area contributed by atoms with Crippen molar-refractivity contribution in [1.82, 2.24) is 34.5 Å². The second kappa shape index (κ2) is 11.3. The van der Waals surface area contributed by atoms with E-state index in [-0.39, 0.29) is 11.6 Å². The van der Waals surface area contributed by atoms with Gasteiger partial charge < -0.3 is 14.2 Å². The van der Waals surface area contributed by atoms with Crippen LogP contribution in [0.5, 0.6) is 11.5 Å². The summed E-state index contributed by atoms with van der Waals surface area (Å²) in [5.41, 5.74) is 2.72. The average Bonchev–Trinajstić information content (AvgIpc) is 3.53. The molecular formula is C28H31N7O5S. The zero-order chi connectivity index (χ0) is 29.3. The highest BCUT2D eigenvalue weighted by Gasteiger charge is 2.35. The van der Waals surface area contributed by atoms with E-state index in [2.05, 4.69) is 20.2 Å². The van der Waals surface area contributed by atoms with Gasteiger partial charge in [-0.25, -0.2) is 18.4 Å². The summed E-state index contributed by atoms with van der Waals surface area (Å²) < 4.78 is 48.1. The van der Waals surface area contributed by atoms with Crippen LogP contribution in [0.3, 0.4) is 0 Å². The lowest BCUT2D eigenvalue weighted by atomic mass is 10.2. The molecule has 0 bridgehead atoms. The summed E-state index contributed by atoms with van der Waals surface area (Å²) in [6.45, 7) is 3.43. The van der Waals surface area contributed by atoms with E-state index in [9.17, 15) is 8.42 Å². The molecule has 0 aliphatic heterocycles. The van der Waals surface area contributed by atoms with E-state index < -0.39 is 26.9 Å². The van der Waals surface area contributed by atoms with Gasteiger partial charge in [0.05, 0.1) is 25.0 Å². The number of nitrogens with zero attached hydrogens (tertiary/aromatic N) is 7. The predicted molar refractivity (Wildman–Crippen MR) is 153 cm³/mol. The number of rotatable bonds is 10. The van der Waals surface area contributed by atoms with Gasteiger partial charge in [0, 0.05) is 31.9 Å². The SMILES string of the molecule is COc1cccc(OC)c1-n1c(CS(=O)(=O)[C@@H](C)[C@H](OC)c2ncc(C)cn2)nnc1-c1nn(C)c2ccccc12. The summed E-state index contributed by atoms with van der Waals surface area (Å²) in [4.78, 5) is 8.60. The Morgan fingerprint density at radius 1 is 0.927 bits per heavy atom.